The van der Waals surface area contributed by atoms with E-state index in [2.05, 4.69) is 9.98 Å². The summed E-state index contributed by atoms with van der Waals surface area (Å²) in [6.45, 7) is 0.174. The van der Waals surface area contributed by atoms with Gasteiger partial charge >= 0.3 is 5.69 Å². The van der Waals surface area contributed by atoms with E-state index >= 15 is 0 Å². The van der Waals surface area contributed by atoms with Crippen molar-refractivity contribution in [3.8, 4) is 23.3 Å². The number of aromatic nitrogens is 2. The lowest BCUT2D eigenvalue weighted by Crippen LogP contribution is -2.25. The van der Waals surface area contributed by atoms with Crippen LogP contribution in [-0.2, 0) is 0 Å². The molecule has 132 valence electrons. The molecule has 0 saturated carbocycles. The van der Waals surface area contributed by atoms with Gasteiger partial charge in [0.25, 0.3) is 0 Å². The molecular weight excluding hydrogens is 346 g/mol. The second-order valence-corrected chi connectivity index (χ2v) is 5.63. The molecule has 2 heterocycles. The number of ether oxygens (including phenoxy) is 2. The Labute approximate surface area is 153 Å². The summed E-state index contributed by atoms with van der Waals surface area (Å²) in [5.41, 5.74) is 6.77. The van der Waals surface area contributed by atoms with E-state index in [4.69, 9.17) is 15.2 Å². The van der Waals surface area contributed by atoms with Crippen LogP contribution in [0.4, 0.5) is 11.5 Å². The zero-order valence-corrected chi connectivity index (χ0v) is 14.0. The van der Waals surface area contributed by atoms with Crippen LogP contribution in [0.2, 0.25) is 0 Å². The summed E-state index contributed by atoms with van der Waals surface area (Å²) >= 11 is 0. The van der Waals surface area contributed by atoms with Gasteiger partial charge in [-0.25, -0.2) is 14.4 Å². The standard InChI is InChI=1S/C19H13N5O3/c20-9-14-17(22-10-12-6-7-15-16(8-12)27-11-26-15)18(21)24(19(25)23-14)13-4-2-1-3-5-13/h1-8,10H,11,21H2. The van der Waals surface area contributed by atoms with Crippen molar-refractivity contribution < 1.29 is 9.47 Å². The highest BCUT2D eigenvalue weighted by Crippen LogP contribution is 2.32. The number of anilines is 1. The predicted octanol–water partition coefficient (Wildman–Crippen LogP) is 2.17. The number of nitrogens with zero attached hydrogens (tertiary/aromatic N) is 4. The molecule has 1 aliphatic rings. The number of rotatable bonds is 3. The zero-order valence-electron chi connectivity index (χ0n) is 14.0. The highest BCUT2D eigenvalue weighted by atomic mass is 16.7. The molecule has 0 atom stereocenters. The molecule has 27 heavy (non-hydrogen) atoms. The number of fused-ring (bicyclic) bond motifs is 1. The van der Waals surface area contributed by atoms with Crippen molar-refractivity contribution in [3.05, 3.63) is 70.3 Å². The molecule has 0 unspecified atom stereocenters. The number of aliphatic imine (C=N–C) groups is 1. The van der Waals surface area contributed by atoms with Crippen molar-refractivity contribution >= 4 is 17.7 Å². The van der Waals surface area contributed by atoms with E-state index in [-0.39, 0.29) is 24.0 Å². The van der Waals surface area contributed by atoms with Gasteiger partial charge in [-0.2, -0.15) is 10.2 Å². The number of nitrogens with two attached hydrogens (primary N) is 1. The van der Waals surface area contributed by atoms with Crippen molar-refractivity contribution in [3.63, 3.8) is 0 Å². The summed E-state index contributed by atoms with van der Waals surface area (Å²) in [6.07, 6.45) is 1.52. The first-order valence-corrected chi connectivity index (χ1v) is 7.99. The van der Waals surface area contributed by atoms with E-state index < -0.39 is 5.69 Å². The molecule has 0 aliphatic carbocycles. The van der Waals surface area contributed by atoms with Gasteiger partial charge in [-0.05, 0) is 35.9 Å². The van der Waals surface area contributed by atoms with Crippen LogP contribution in [0.5, 0.6) is 11.5 Å². The largest absolute Gasteiger partial charge is 0.454 e. The lowest BCUT2D eigenvalue weighted by atomic mass is 10.2. The summed E-state index contributed by atoms with van der Waals surface area (Å²) in [4.78, 5) is 20.4. The van der Waals surface area contributed by atoms with Gasteiger partial charge < -0.3 is 15.2 Å². The normalized spacial score (nSPS) is 12.3. The number of nitrogen functional groups attached to an aromatic ring is 1. The van der Waals surface area contributed by atoms with Crippen LogP contribution in [-0.4, -0.2) is 22.6 Å². The van der Waals surface area contributed by atoms with Gasteiger partial charge in [0, 0.05) is 6.21 Å². The summed E-state index contributed by atoms with van der Waals surface area (Å²) in [5, 5.41) is 9.33. The fourth-order valence-electron chi connectivity index (χ4n) is 2.69. The zero-order chi connectivity index (χ0) is 18.8. The highest BCUT2D eigenvalue weighted by molar-refractivity contribution is 5.85. The minimum absolute atomic E-state index is 0.0368. The van der Waals surface area contributed by atoms with Crippen LogP contribution < -0.4 is 20.9 Å². The van der Waals surface area contributed by atoms with Crippen molar-refractivity contribution in [2.75, 3.05) is 12.5 Å². The van der Waals surface area contributed by atoms with E-state index in [1.807, 2.05) is 12.1 Å². The maximum Gasteiger partial charge on any atom is 0.355 e. The van der Waals surface area contributed by atoms with Crippen LogP contribution in [0.25, 0.3) is 5.69 Å². The average molecular weight is 359 g/mol. The smallest absolute Gasteiger partial charge is 0.355 e. The van der Waals surface area contributed by atoms with E-state index in [1.54, 1.807) is 42.5 Å². The number of nitriles is 1. The third-order valence-electron chi connectivity index (χ3n) is 3.97. The fraction of sp³-hybridized carbons (Fsp3) is 0.0526. The first-order chi connectivity index (χ1) is 13.2. The summed E-state index contributed by atoms with van der Waals surface area (Å²) < 4.78 is 11.8. The molecule has 8 heteroatoms. The van der Waals surface area contributed by atoms with Crippen LogP contribution in [0.15, 0.2) is 58.3 Å². The van der Waals surface area contributed by atoms with Gasteiger partial charge in [0.2, 0.25) is 6.79 Å². The van der Waals surface area contributed by atoms with Crippen molar-refractivity contribution in [1.82, 2.24) is 9.55 Å². The second-order valence-electron chi connectivity index (χ2n) is 5.63. The molecule has 3 aromatic rings. The van der Waals surface area contributed by atoms with Crippen LogP contribution in [0.1, 0.15) is 11.3 Å². The van der Waals surface area contributed by atoms with Crippen LogP contribution >= 0.6 is 0 Å². The molecule has 2 aromatic carbocycles. The number of para-hydroxylation sites is 1. The summed E-state index contributed by atoms with van der Waals surface area (Å²) in [5.74, 6) is 1.30. The molecule has 1 aliphatic heterocycles. The number of hydrogen-bond acceptors (Lipinski definition) is 7. The van der Waals surface area contributed by atoms with Crippen molar-refractivity contribution in [2.45, 2.75) is 0 Å². The van der Waals surface area contributed by atoms with Gasteiger partial charge in [0.05, 0.1) is 5.69 Å². The topological polar surface area (TPSA) is 116 Å². The highest BCUT2D eigenvalue weighted by Gasteiger charge is 2.16. The minimum atomic E-state index is -0.641. The Morgan fingerprint density at radius 1 is 1.19 bits per heavy atom. The Kier molecular flexibility index (Phi) is 4.03. The molecule has 0 fully saturated rings. The lowest BCUT2D eigenvalue weighted by Gasteiger charge is -2.11. The van der Waals surface area contributed by atoms with E-state index in [1.165, 1.54) is 10.8 Å². The molecular formula is C19H13N5O3. The Morgan fingerprint density at radius 3 is 2.74 bits per heavy atom. The van der Waals surface area contributed by atoms with Gasteiger partial charge in [-0.1, -0.05) is 18.2 Å². The van der Waals surface area contributed by atoms with E-state index in [9.17, 15) is 10.1 Å². The molecule has 0 saturated heterocycles. The summed E-state index contributed by atoms with van der Waals surface area (Å²) in [7, 11) is 0. The molecule has 2 N–H and O–H groups in total. The SMILES string of the molecule is N#Cc1nc(=O)n(-c2ccccc2)c(N)c1N=Cc1ccc2c(c1)OCO2. The molecule has 4 rings (SSSR count). The Bertz CT molecular complexity index is 1150. The molecule has 0 radical (unpaired) electrons. The second kappa shape index (κ2) is 6.65. The first-order valence-electron chi connectivity index (χ1n) is 7.99. The van der Waals surface area contributed by atoms with Gasteiger partial charge in [-0.3, -0.25) is 0 Å². The number of benzene rings is 2. The predicted molar refractivity (Wildman–Crippen MR) is 98.8 cm³/mol. The van der Waals surface area contributed by atoms with Crippen LogP contribution in [0.3, 0.4) is 0 Å². The van der Waals surface area contributed by atoms with E-state index in [0.717, 1.165) is 5.56 Å². The third-order valence-corrected chi connectivity index (χ3v) is 3.97. The maximum atomic E-state index is 12.3. The quantitative estimate of drug-likeness (QED) is 0.717. The maximum absolute atomic E-state index is 12.3. The lowest BCUT2D eigenvalue weighted by molar-refractivity contribution is 0.174. The molecule has 0 bridgehead atoms. The molecule has 8 nitrogen and oxygen atoms in total. The number of hydrogen-bond donors (Lipinski definition) is 1. The Morgan fingerprint density at radius 2 is 1.96 bits per heavy atom. The van der Waals surface area contributed by atoms with Gasteiger partial charge in [0.1, 0.15) is 17.6 Å². The van der Waals surface area contributed by atoms with Crippen LogP contribution in [0, 0.1) is 11.3 Å². The Balaban J connectivity index is 1.80. The van der Waals surface area contributed by atoms with Gasteiger partial charge in [0.15, 0.2) is 17.2 Å². The fourth-order valence-corrected chi connectivity index (χ4v) is 2.69. The van der Waals surface area contributed by atoms with E-state index in [0.29, 0.717) is 17.2 Å². The van der Waals surface area contributed by atoms with Gasteiger partial charge in [-0.15, -0.1) is 0 Å². The van der Waals surface area contributed by atoms with Crippen molar-refractivity contribution in [1.29, 1.82) is 5.26 Å². The molecule has 0 spiro atoms. The molecule has 0 amide bonds. The summed E-state index contributed by atoms with van der Waals surface area (Å²) in [6, 6.07) is 16.0. The van der Waals surface area contributed by atoms with Crippen molar-refractivity contribution in [2.24, 2.45) is 4.99 Å². The minimum Gasteiger partial charge on any atom is -0.454 e. The Hall–Kier alpha value is -4.12. The monoisotopic (exact) mass is 359 g/mol. The third kappa shape index (κ3) is 2.98. The average Bonchev–Trinajstić information content (AvgIpc) is 3.15. The molecule has 1 aromatic heterocycles. The first kappa shape index (κ1) is 16.4.